The van der Waals surface area contributed by atoms with Crippen molar-refractivity contribution < 1.29 is 77.7 Å². The van der Waals surface area contributed by atoms with Crippen LogP contribution < -0.4 is 64.0 Å². The lowest BCUT2D eigenvalue weighted by atomic mass is 9.79. The molecule has 0 saturated carbocycles. The summed E-state index contributed by atoms with van der Waals surface area (Å²) in [5, 5.41) is 74.1. The predicted molar refractivity (Wildman–Crippen MR) is 394 cm³/mol. The van der Waals surface area contributed by atoms with E-state index in [0.29, 0.717) is 12.8 Å². The van der Waals surface area contributed by atoms with Crippen molar-refractivity contribution >= 4 is 131 Å². The molecule has 1 unspecified atom stereocenters. The average Bonchev–Trinajstić information content (AvgIpc) is 1.58. The molecule has 4 heterocycles. The van der Waals surface area contributed by atoms with Crippen LogP contribution in [0.1, 0.15) is 103 Å². The van der Waals surface area contributed by atoms with E-state index in [9.17, 15) is 73.2 Å². The zero-order valence-electron chi connectivity index (χ0n) is 58.5. The second-order valence-corrected chi connectivity index (χ2v) is 29.3. The lowest BCUT2D eigenvalue weighted by Gasteiger charge is -2.30. The van der Waals surface area contributed by atoms with Gasteiger partial charge in [0.05, 0.1) is 25.0 Å². The van der Waals surface area contributed by atoms with Crippen LogP contribution in [0.3, 0.4) is 0 Å². The molecule has 7 atom stereocenters. The maximum atomic E-state index is 14.6. The maximum absolute atomic E-state index is 14.6. The van der Waals surface area contributed by atoms with Gasteiger partial charge in [0.15, 0.2) is 18.2 Å². The summed E-state index contributed by atoms with van der Waals surface area (Å²) in [5.74, 6) is -12.5. The summed E-state index contributed by atoms with van der Waals surface area (Å²) in [6.07, 6.45) is 12.9. The number of nitrogens with two attached hydrogens (primary N) is 2. The van der Waals surface area contributed by atoms with E-state index in [4.69, 9.17) is 16.9 Å². The number of unbranched alkanes of at least 4 members (excludes halogenated alkanes) is 1. The summed E-state index contributed by atoms with van der Waals surface area (Å²) in [4.78, 5) is 153. The van der Waals surface area contributed by atoms with Crippen LogP contribution in [0.25, 0.3) is 21.5 Å². The smallest absolute Gasteiger partial charge is 0.326 e. The van der Waals surface area contributed by atoms with Gasteiger partial charge in [-0.15, -0.1) is 0 Å². The van der Waals surface area contributed by atoms with Gasteiger partial charge in [0.25, 0.3) is 0 Å². The van der Waals surface area contributed by atoms with Crippen molar-refractivity contribution in [1.82, 2.24) is 47.4 Å². The number of nitrogens with one attached hydrogen (secondary N) is 9. The molecule has 0 aromatic heterocycles. The number of carboxylic acid groups (broad SMARTS) is 3. The molecule has 556 valence electrons. The fourth-order valence-corrected chi connectivity index (χ4v) is 15.9. The molecule has 16 N–H and O–H groups in total. The highest BCUT2D eigenvalue weighted by atomic mass is 33.1. The largest absolute Gasteiger partial charge is 0.550 e. The van der Waals surface area contributed by atoms with Crippen LogP contribution >= 0.6 is 21.6 Å². The number of aliphatic carboxylic acids is 3. The Bertz CT molecular complexity index is 4100. The number of benzene rings is 4. The number of carbonyl (C=O) groups is 11. The molecule has 4 aromatic rings. The Morgan fingerprint density at radius 3 is 2.12 bits per heavy atom. The third kappa shape index (κ3) is 20.2. The Morgan fingerprint density at radius 2 is 1.43 bits per heavy atom. The monoisotopic (exact) mass is 1470 g/mol. The van der Waals surface area contributed by atoms with E-state index in [0.717, 1.165) is 81.9 Å². The standard InChI is InChI=1S/C73H92N14O15S2/c1-72(2)56(25-8-6-5-7-9-26-57-73(3,4)63-46-21-13-11-19-44(46)28-30-54(63)86(57)37-32-60(91)92)85(53-29-27-43-18-10-12-20-45(43)62(53)72)36-31-58(89)80-51-41-103-104-42-52(67(98)81-48(70(101)102)22-14-15-33-74)84-68(99)55-24-17-35-87(55)69(100)50(40-88)83-66(97)49(38-61(93)94)82-65(96)47(23-16-34-77-71(75)76)79-59(90)39-78-64(51)95/h5-13,18-21,25-30,47-52,55,88H,14-17,22-24,31-42,74H2,1-4H3,(H13-,75,76,77,78,79,80,81,82,83,84,89,90,91,92,93,94,95,96,97,98,99,101,102)/t47-,48-,49-,50-,51+,52-,55?/m0/s1. The summed E-state index contributed by atoms with van der Waals surface area (Å²) < 4.78 is 2.04. The van der Waals surface area contributed by atoms with Crippen molar-refractivity contribution in [3.8, 4) is 0 Å². The number of carbonyl (C=O) groups excluding carboxylic acids is 9. The molecule has 8 rings (SSSR count). The summed E-state index contributed by atoms with van der Waals surface area (Å²) in [7, 11) is 1.96. The summed E-state index contributed by atoms with van der Waals surface area (Å²) in [6, 6.07) is 13.3. The first-order valence-electron chi connectivity index (χ1n) is 34.5. The zero-order valence-corrected chi connectivity index (χ0v) is 60.1. The second-order valence-electron chi connectivity index (χ2n) is 26.7. The van der Waals surface area contributed by atoms with Gasteiger partial charge < -0.3 is 89.0 Å². The highest BCUT2D eigenvalue weighted by Gasteiger charge is 2.46. The van der Waals surface area contributed by atoms with E-state index in [1.807, 2.05) is 113 Å². The number of hydrogen-bond donors (Lipinski definition) is 14. The zero-order chi connectivity index (χ0) is 75.4. The normalized spacial score (nSPS) is 22.0. The molecule has 0 radical (unpaired) electrons. The van der Waals surface area contributed by atoms with E-state index in [-0.39, 0.29) is 89.2 Å². The third-order valence-corrected chi connectivity index (χ3v) is 21.1. The number of guanidine groups is 1. The Hall–Kier alpha value is -10.1. The van der Waals surface area contributed by atoms with Gasteiger partial charge in [-0.1, -0.05) is 120 Å². The average molecular weight is 1470 g/mol. The number of carboxylic acids is 3. The van der Waals surface area contributed by atoms with E-state index in [2.05, 4.69) is 82.4 Å². The van der Waals surface area contributed by atoms with Crippen molar-refractivity contribution in [3.05, 3.63) is 132 Å². The third-order valence-electron chi connectivity index (χ3n) is 18.7. The molecule has 8 amide bonds. The minimum Gasteiger partial charge on any atom is -0.550 e. The first-order chi connectivity index (χ1) is 49.7. The highest BCUT2D eigenvalue weighted by Crippen LogP contribution is 2.51. The first-order valence-corrected chi connectivity index (χ1v) is 37.0. The molecule has 0 spiro atoms. The van der Waals surface area contributed by atoms with Crippen molar-refractivity contribution in [2.24, 2.45) is 11.5 Å². The number of allylic oxidation sites excluding steroid dienone is 8. The Balaban J connectivity index is 1.06. The van der Waals surface area contributed by atoms with Gasteiger partial charge in [-0.25, -0.2) is 4.79 Å². The topological polar surface area (TPSA) is 453 Å². The maximum Gasteiger partial charge on any atom is 0.326 e. The van der Waals surface area contributed by atoms with E-state index in [1.54, 1.807) is 0 Å². The Labute approximate surface area is 609 Å². The quantitative estimate of drug-likeness (QED) is 0.0112. The Kier molecular flexibility index (Phi) is 28.2. The van der Waals surface area contributed by atoms with Crippen LogP contribution in [0, 0.1) is 5.41 Å². The van der Waals surface area contributed by atoms with Crippen molar-refractivity contribution in [2.75, 3.05) is 62.3 Å². The van der Waals surface area contributed by atoms with Gasteiger partial charge in [0.1, 0.15) is 42.3 Å². The molecule has 4 aromatic carbocycles. The lowest BCUT2D eigenvalue weighted by molar-refractivity contribution is -0.439. The predicted octanol–water partition coefficient (Wildman–Crippen LogP) is 1.60. The molecule has 104 heavy (non-hydrogen) atoms. The molecule has 2 fully saturated rings. The number of amides is 8. The van der Waals surface area contributed by atoms with Crippen LogP contribution in [0.15, 0.2) is 121 Å². The molecule has 2 saturated heterocycles. The molecule has 29 nitrogen and oxygen atoms in total. The van der Waals surface area contributed by atoms with Crippen LogP contribution in [0.5, 0.6) is 0 Å². The van der Waals surface area contributed by atoms with Crippen LogP contribution in [0.4, 0.5) is 11.4 Å². The fourth-order valence-electron chi connectivity index (χ4n) is 13.6. The molecule has 31 heteroatoms. The number of nitrogens with zero attached hydrogens (tertiary/aromatic N) is 3. The van der Waals surface area contributed by atoms with Gasteiger partial charge in [-0.05, 0) is 111 Å². The van der Waals surface area contributed by atoms with Crippen molar-refractivity contribution in [1.29, 1.82) is 5.41 Å². The summed E-state index contributed by atoms with van der Waals surface area (Å²) in [5.41, 5.74) is 15.7. The molecule has 4 aliphatic rings. The highest BCUT2D eigenvalue weighted by molar-refractivity contribution is 8.76. The summed E-state index contributed by atoms with van der Waals surface area (Å²) >= 11 is 0. The van der Waals surface area contributed by atoms with Crippen molar-refractivity contribution in [2.45, 2.75) is 145 Å². The van der Waals surface area contributed by atoms with Crippen LogP contribution in [-0.2, 0) is 63.6 Å². The lowest BCUT2D eigenvalue weighted by Crippen LogP contribution is -2.60. The van der Waals surface area contributed by atoms with Crippen molar-refractivity contribution in [3.63, 3.8) is 0 Å². The number of aliphatic hydroxyl groups is 1. The molecule has 0 aliphatic carbocycles. The van der Waals surface area contributed by atoms with Gasteiger partial charge in [0.2, 0.25) is 52.9 Å². The minimum atomic E-state index is -1.92. The van der Waals surface area contributed by atoms with Crippen LogP contribution in [-0.4, -0.2) is 201 Å². The minimum absolute atomic E-state index is 0.0122. The summed E-state index contributed by atoms with van der Waals surface area (Å²) in [6.45, 7) is 7.12. The van der Waals surface area contributed by atoms with Gasteiger partial charge in [-0.2, -0.15) is 4.58 Å². The molecule has 0 bridgehead atoms. The number of aliphatic hydroxyl groups excluding tert-OH is 1. The van der Waals surface area contributed by atoms with E-state index >= 15 is 0 Å². The SMILES string of the molecule is CC1(C)C(/C=C/C=C/C=C/C=C2/N(CCC(=O)N[C@@H]3CSSC[C@@H](C(=O)N[C@@H](CCCCN)C(=O)O)NC(=O)C4CCCN4C(=O)[C@H](CO)NC(=O)[C@H](CC(=O)O)NC(=O)[C@H](CCCNC(=N)N)NC(=O)CNC3=O)c3ccc4ccccc4c3C2(C)C)=[N+](CCC(=O)[O-])c2ccc3ccccc3c21. The van der Waals surface area contributed by atoms with E-state index in [1.165, 1.54) is 0 Å². The number of hydrogen-bond acceptors (Lipinski definition) is 18. The van der Waals surface area contributed by atoms with Gasteiger partial charge in [-0.3, -0.25) is 48.6 Å². The second kappa shape index (κ2) is 36.9. The number of rotatable bonds is 25. The number of anilines is 1. The first kappa shape index (κ1) is 79.6. The molecule has 4 aliphatic heterocycles. The fraction of sp³-hybridized carbons (Fsp3) is 0.438. The van der Waals surface area contributed by atoms with Gasteiger partial charge >= 0.3 is 11.9 Å². The molecular formula is C73H92N14O15S2. The Morgan fingerprint density at radius 1 is 0.769 bits per heavy atom. The number of fused-ring (bicyclic) bond motifs is 7. The van der Waals surface area contributed by atoms with Crippen LogP contribution in [0.2, 0.25) is 0 Å². The van der Waals surface area contributed by atoms with Gasteiger partial charge in [0, 0.05) is 84.5 Å². The molecular weight excluding hydrogens is 1380 g/mol. The van der Waals surface area contributed by atoms with E-state index < -0.39 is 144 Å².